The van der Waals surface area contributed by atoms with Gasteiger partial charge in [-0.05, 0) is 30.3 Å². The van der Waals surface area contributed by atoms with Crippen molar-refractivity contribution in [2.45, 2.75) is 0 Å². The number of benzene rings is 2. The zero-order valence-corrected chi connectivity index (χ0v) is 14.0. The van der Waals surface area contributed by atoms with Crippen molar-refractivity contribution in [1.29, 1.82) is 5.26 Å². The second kappa shape index (κ2) is 8.80. The number of hydrogen-bond donors (Lipinski definition) is 0. The summed E-state index contributed by atoms with van der Waals surface area (Å²) in [5, 5.41) is 9.58. The fraction of sp³-hybridized carbons (Fsp3) is 0.222. The van der Waals surface area contributed by atoms with Gasteiger partial charge in [-0.2, -0.15) is 5.26 Å². The second-order valence-corrected chi connectivity index (χ2v) is 5.45. The van der Waals surface area contributed by atoms with Gasteiger partial charge < -0.3 is 14.4 Å². The van der Waals surface area contributed by atoms with E-state index in [0.29, 0.717) is 35.2 Å². The van der Waals surface area contributed by atoms with E-state index in [1.165, 1.54) is 4.90 Å². The number of amides is 1. The van der Waals surface area contributed by atoms with E-state index >= 15 is 0 Å². The summed E-state index contributed by atoms with van der Waals surface area (Å²) < 4.78 is 11.0. The zero-order chi connectivity index (χ0) is 17.4. The molecule has 0 unspecified atom stereocenters. The van der Waals surface area contributed by atoms with Crippen molar-refractivity contribution in [3.8, 4) is 17.6 Å². The predicted octanol–water partition coefficient (Wildman–Crippen LogP) is 3.13. The molecule has 0 atom stereocenters. The molecule has 5 nitrogen and oxygen atoms in total. The number of likely N-dealkylation sites (N-methyl/N-ethyl adjacent to an activating group) is 1. The Morgan fingerprint density at radius 1 is 1.21 bits per heavy atom. The highest BCUT2D eigenvalue weighted by molar-refractivity contribution is 6.30. The summed E-state index contributed by atoms with van der Waals surface area (Å²) in [6.45, 7) is 0.623. The molecule has 1 amide bonds. The second-order valence-electron chi connectivity index (χ2n) is 5.02. The van der Waals surface area contributed by atoms with Crippen LogP contribution >= 0.6 is 11.6 Å². The fourth-order valence-electron chi connectivity index (χ4n) is 1.92. The van der Waals surface area contributed by atoms with Crippen molar-refractivity contribution in [1.82, 2.24) is 4.90 Å². The molecule has 124 valence electrons. The highest BCUT2D eigenvalue weighted by Crippen LogP contribution is 2.17. The van der Waals surface area contributed by atoms with Crippen LogP contribution in [0.2, 0.25) is 5.02 Å². The highest BCUT2D eigenvalue weighted by Gasteiger charge is 2.11. The first-order valence-electron chi connectivity index (χ1n) is 7.34. The Kier molecular flexibility index (Phi) is 6.47. The van der Waals surface area contributed by atoms with E-state index in [1.54, 1.807) is 55.6 Å². The number of nitriles is 1. The Morgan fingerprint density at radius 2 is 2.00 bits per heavy atom. The quantitative estimate of drug-likeness (QED) is 0.774. The molecule has 2 aromatic carbocycles. The summed E-state index contributed by atoms with van der Waals surface area (Å²) in [6, 6.07) is 15.9. The lowest BCUT2D eigenvalue weighted by atomic mass is 10.2. The average molecular weight is 345 g/mol. The number of carbonyl (C=O) groups is 1. The van der Waals surface area contributed by atoms with Crippen LogP contribution < -0.4 is 9.47 Å². The van der Waals surface area contributed by atoms with Gasteiger partial charge in [0.25, 0.3) is 5.91 Å². The van der Waals surface area contributed by atoms with Gasteiger partial charge in [-0.3, -0.25) is 4.79 Å². The number of nitrogens with zero attached hydrogens (tertiary/aromatic N) is 2. The fourth-order valence-corrected chi connectivity index (χ4v) is 2.10. The van der Waals surface area contributed by atoms with Crippen molar-refractivity contribution in [2.75, 3.05) is 26.8 Å². The van der Waals surface area contributed by atoms with Gasteiger partial charge in [-0.25, -0.2) is 0 Å². The number of rotatable bonds is 7. The van der Waals surface area contributed by atoms with Crippen LogP contribution in [0.5, 0.6) is 11.5 Å². The van der Waals surface area contributed by atoms with Crippen molar-refractivity contribution < 1.29 is 14.3 Å². The Bertz CT molecular complexity index is 743. The maximum Gasteiger partial charge on any atom is 0.260 e. The monoisotopic (exact) mass is 344 g/mol. The smallest absolute Gasteiger partial charge is 0.260 e. The first-order chi connectivity index (χ1) is 11.6. The minimum absolute atomic E-state index is 0.133. The maximum absolute atomic E-state index is 12.1. The lowest BCUT2D eigenvalue weighted by Crippen LogP contribution is -2.34. The topological polar surface area (TPSA) is 62.6 Å². The van der Waals surface area contributed by atoms with Gasteiger partial charge in [0.1, 0.15) is 24.2 Å². The molecule has 0 aliphatic carbocycles. The van der Waals surface area contributed by atoms with Gasteiger partial charge in [0, 0.05) is 12.1 Å². The summed E-state index contributed by atoms with van der Waals surface area (Å²) in [5.74, 6) is 0.858. The van der Waals surface area contributed by atoms with E-state index < -0.39 is 0 Å². The lowest BCUT2D eigenvalue weighted by Gasteiger charge is -2.18. The molecular weight excluding hydrogens is 328 g/mol. The molecule has 24 heavy (non-hydrogen) atoms. The molecule has 0 aliphatic rings. The number of para-hydroxylation sites is 1. The van der Waals surface area contributed by atoms with Crippen molar-refractivity contribution in [3.05, 3.63) is 59.1 Å². The predicted molar refractivity (Wildman–Crippen MR) is 91.2 cm³/mol. The summed E-state index contributed by atoms with van der Waals surface area (Å²) in [7, 11) is 1.67. The van der Waals surface area contributed by atoms with E-state index in [4.69, 9.17) is 26.3 Å². The minimum atomic E-state index is -0.197. The summed E-state index contributed by atoms with van der Waals surface area (Å²) in [6.07, 6.45) is 0. The molecule has 0 saturated heterocycles. The van der Waals surface area contributed by atoms with Crippen LogP contribution in [0.25, 0.3) is 0 Å². The third-order valence-electron chi connectivity index (χ3n) is 3.28. The Hall–Kier alpha value is -2.71. The number of ether oxygens (including phenoxy) is 2. The molecule has 2 aromatic rings. The molecule has 0 fully saturated rings. The molecule has 0 saturated carbocycles. The molecule has 0 heterocycles. The first kappa shape index (κ1) is 17.6. The van der Waals surface area contributed by atoms with Gasteiger partial charge in [-0.15, -0.1) is 0 Å². The highest BCUT2D eigenvalue weighted by atomic mass is 35.5. The minimum Gasteiger partial charge on any atom is -0.492 e. The van der Waals surface area contributed by atoms with Gasteiger partial charge in [-0.1, -0.05) is 29.8 Å². The number of halogens is 1. The van der Waals surface area contributed by atoms with Gasteiger partial charge in [0.2, 0.25) is 0 Å². The normalized spacial score (nSPS) is 9.88. The van der Waals surface area contributed by atoms with Crippen molar-refractivity contribution >= 4 is 17.5 Å². The van der Waals surface area contributed by atoms with Crippen LogP contribution in [0.4, 0.5) is 0 Å². The van der Waals surface area contributed by atoms with Gasteiger partial charge in [0.05, 0.1) is 12.1 Å². The molecule has 0 spiro atoms. The largest absolute Gasteiger partial charge is 0.492 e. The Labute approximate surface area is 146 Å². The van der Waals surface area contributed by atoms with Crippen LogP contribution in [0.3, 0.4) is 0 Å². The third kappa shape index (κ3) is 5.18. The molecule has 6 heteroatoms. The van der Waals surface area contributed by atoms with Crippen LogP contribution in [-0.4, -0.2) is 37.6 Å². The molecule has 0 aromatic heterocycles. The summed E-state index contributed by atoms with van der Waals surface area (Å²) in [5.41, 5.74) is 0.400. The van der Waals surface area contributed by atoms with Gasteiger partial charge >= 0.3 is 0 Å². The Balaban J connectivity index is 1.77. The van der Waals surface area contributed by atoms with E-state index in [-0.39, 0.29) is 12.5 Å². The molecule has 0 radical (unpaired) electrons. The zero-order valence-electron chi connectivity index (χ0n) is 13.2. The molecule has 0 N–H and O–H groups in total. The molecule has 0 bridgehead atoms. The molecular formula is C18H17ClN2O3. The van der Waals surface area contributed by atoms with Crippen LogP contribution in [0, 0.1) is 11.3 Å². The third-order valence-corrected chi connectivity index (χ3v) is 3.51. The molecule has 0 aliphatic heterocycles. The van der Waals surface area contributed by atoms with E-state index in [0.717, 1.165) is 0 Å². The van der Waals surface area contributed by atoms with Crippen molar-refractivity contribution in [3.63, 3.8) is 0 Å². The van der Waals surface area contributed by atoms with Crippen LogP contribution in [0.15, 0.2) is 48.5 Å². The number of carbonyl (C=O) groups excluding carboxylic acids is 1. The standard InChI is InChI=1S/C18H17ClN2O3/c1-21(9-10-23-16-7-4-6-15(19)11-16)18(22)13-24-17-8-3-2-5-14(17)12-20/h2-8,11H,9-10,13H2,1H3. The number of hydrogen-bond acceptors (Lipinski definition) is 4. The lowest BCUT2D eigenvalue weighted by molar-refractivity contribution is -0.132. The summed E-state index contributed by atoms with van der Waals surface area (Å²) in [4.78, 5) is 13.6. The summed E-state index contributed by atoms with van der Waals surface area (Å²) >= 11 is 5.88. The van der Waals surface area contributed by atoms with Gasteiger partial charge in [0.15, 0.2) is 6.61 Å². The Morgan fingerprint density at radius 3 is 2.75 bits per heavy atom. The average Bonchev–Trinajstić information content (AvgIpc) is 2.59. The first-order valence-corrected chi connectivity index (χ1v) is 7.72. The van der Waals surface area contributed by atoms with Crippen LogP contribution in [0.1, 0.15) is 5.56 Å². The van der Waals surface area contributed by atoms with Crippen LogP contribution in [-0.2, 0) is 4.79 Å². The van der Waals surface area contributed by atoms with Crippen molar-refractivity contribution in [2.24, 2.45) is 0 Å². The van der Waals surface area contributed by atoms with E-state index in [2.05, 4.69) is 0 Å². The van der Waals surface area contributed by atoms with E-state index in [1.807, 2.05) is 6.07 Å². The van der Waals surface area contributed by atoms with E-state index in [9.17, 15) is 4.79 Å². The SMILES string of the molecule is CN(CCOc1cccc(Cl)c1)C(=O)COc1ccccc1C#N. The maximum atomic E-state index is 12.1. The molecule has 2 rings (SSSR count).